The topological polar surface area (TPSA) is 60.8 Å². The van der Waals surface area contributed by atoms with Crippen molar-refractivity contribution < 1.29 is 19.1 Å². The molecule has 0 aliphatic rings. The third-order valence-corrected chi connectivity index (χ3v) is 5.40. The number of fused-ring (bicyclic) bond motifs is 1. The molecule has 3 rings (SSSR count). The zero-order valence-electron chi connectivity index (χ0n) is 19.5. The van der Waals surface area contributed by atoms with Crippen molar-refractivity contribution in [1.82, 2.24) is 9.47 Å². The van der Waals surface area contributed by atoms with Gasteiger partial charge in [0.1, 0.15) is 5.75 Å². The zero-order chi connectivity index (χ0) is 23.8. The summed E-state index contributed by atoms with van der Waals surface area (Å²) in [5.74, 6) is 0.493. The Kier molecular flexibility index (Phi) is 9.29. The van der Waals surface area contributed by atoms with Crippen LogP contribution in [0.4, 0.5) is 0 Å². The Hall–Kier alpha value is -2.83. The normalized spacial score (nSPS) is 11.6. The molecule has 0 saturated carbocycles. The smallest absolute Gasteiger partial charge is 0.304 e. The van der Waals surface area contributed by atoms with Crippen LogP contribution in [0.5, 0.6) is 5.75 Å². The third-order valence-electron chi connectivity index (χ3n) is 5.15. The average molecular weight is 459 g/mol. The van der Waals surface area contributed by atoms with Gasteiger partial charge in [-0.25, -0.2) is 0 Å². The van der Waals surface area contributed by atoms with Crippen LogP contribution in [0.3, 0.4) is 0 Å². The van der Waals surface area contributed by atoms with E-state index in [1.807, 2.05) is 52.0 Å². The molecule has 0 bridgehead atoms. The van der Waals surface area contributed by atoms with Gasteiger partial charge in [0, 0.05) is 28.6 Å². The van der Waals surface area contributed by atoms with E-state index in [4.69, 9.17) is 21.1 Å². The second-order valence-corrected chi connectivity index (χ2v) is 7.72. The monoisotopic (exact) mass is 458 g/mol. The van der Waals surface area contributed by atoms with Crippen LogP contribution in [-0.2, 0) is 9.53 Å². The van der Waals surface area contributed by atoms with Crippen molar-refractivity contribution in [2.24, 2.45) is 0 Å². The number of esters is 1. The quantitative estimate of drug-likeness (QED) is 0.358. The summed E-state index contributed by atoms with van der Waals surface area (Å²) in [5.41, 5.74) is 2.36. The Morgan fingerprint density at radius 1 is 1.06 bits per heavy atom. The summed E-state index contributed by atoms with van der Waals surface area (Å²) in [6.45, 7) is 11.1. The number of hydrogen-bond donors (Lipinski definition) is 0. The van der Waals surface area contributed by atoms with Crippen molar-refractivity contribution in [3.8, 4) is 5.75 Å². The number of halogens is 1. The summed E-state index contributed by atoms with van der Waals surface area (Å²) in [5, 5.41) is 1.60. The van der Waals surface area contributed by atoms with Crippen molar-refractivity contribution in [2.45, 2.75) is 40.8 Å². The van der Waals surface area contributed by atoms with Gasteiger partial charge in [-0.1, -0.05) is 25.4 Å². The number of rotatable bonds is 6. The predicted octanol–water partition coefficient (Wildman–Crippen LogP) is 5.54. The number of carbonyl (C=O) groups is 2. The molecule has 0 radical (unpaired) electrons. The van der Waals surface area contributed by atoms with Crippen LogP contribution in [0, 0.1) is 6.92 Å². The molecule has 0 amide bonds. The number of methoxy groups -OCH3 is 1. The van der Waals surface area contributed by atoms with E-state index in [1.54, 1.807) is 35.9 Å². The van der Waals surface area contributed by atoms with Crippen LogP contribution in [0.2, 0.25) is 5.02 Å². The lowest BCUT2D eigenvalue weighted by Crippen LogP contribution is -2.35. The van der Waals surface area contributed by atoms with Gasteiger partial charge < -0.3 is 9.47 Å². The van der Waals surface area contributed by atoms with Crippen molar-refractivity contribution in [3.63, 3.8) is 0 Å². The lowest BCUT2D eigenvalue weighted by Gasteiger charge is -2.25. The maximum Gasteiger partial charge on any atom is 0.304 e. The van der Waals surface area contributed by atoms with Crippen molar-refractivity contribution in [2.75, 3.05) is 20.2 Å². The van der Waals surface area contributed by atoms with E-state index >= 15 is 0 Å². The molecule has 1 aromatic heterocycles. The largest absolute Gasteiger partial charge is 0.497 e. The summed E-state index contributed by atoms with van der Waals surface area (Å²) < 4.78 is 11.9. The Morgan fingerprint density at radius 3 is 2.22 bits per heavy atom. The second kappa shape index (κ2) is 11.7. The number of ether oxygens (including phenoxy) is 2. The van der Waals surface area contributed by atoms with E-state index in [2.05, 4.69) is 4.90 Å². The first-order valence-corrected chi connectivity index (χ1v) is 11.0. The molecule has 0 aliphatic heterocycles. The maximum atomic E-state index is 12.7. The molecule has 1 atom stereocenters. The minimum atomic E-state index is -0.218. The number of hydrogen-bond acceptors (Lipinski definition) is 5. The fourth-order valence-electron chi connectivity index (χ4n) is 3.50. The molecule has 0 aliphatic carbocycles. The minimum absolute atomic E-state index is 0.0654. The second-order valence-electron chi connectivity index (χ2n) is 7.29. The van der Waals surface area contributed by atoms with Crippen LogP contribution >= 0.6 is 11.6 Å². The van der Waals surface area contributed by atoms with Gasteiger partial charge in [-0.2, -0.15) is 0 Å². The number of nitrogens with zero attached hydrogens (tertiary/aromatic N) is 2. The van der Waals surface area contributed by atoms with E-state index in [0.29, 0.717) is 10.6 Å². The van der Waals surface area contributed by atoms with E-state index in [9.17, 15) is 9.59 Å². The summed E-state index contributed by atoms with van der Waals surface area (Å²) in [6, 6.07) is 14.6. The third kappa shape index (κ3) is 6.34. The Bertz CT molecular complexity index is 1060. The highest BCUT2D eigenvalue weighted by atomic mass is 35.5. The van der Waals surface area contributed by atoms with Gasteiger partial charge in [0.25, 0.3) is 5.91 Å². The molecule has 0 N–H and O–H groups in total. The molecule has 6 nitrogen and oxygen atoms in total. The van der Waals surface area contributed by atoms with E-state index in [1.165, 1.54) is 6.92 Å². The van der Waals surface area contributed by atoms with Gasteiger partial charge in [0.05, 0.1) is 12.6 Å². The first kappa shape index (κ1) is 25.4. The molecule has 172 valence electrons. The van der Waals surface area contributed by atoms with Crippen molar-refractivity contribution in [1.29, 1.82) is 0 Å². The van der Waals surface area contributed by atoms with Crippen LogP contribution in [-0.4, -0.2) is 47.8 Å². The molecule has 3 aromatic rings. The highest BCUT2D eigenvalue weighted by molar-refractivity contribution is 6.30. The fourth-order valence-corrected chi connectivity index (χ4v) is 3.63. The molecule has 1 unspecified atom stereocenters. The molecular weight excluding hydrogens is 428 g/mol. The summed E-state index contributed by atoms with van der Waals surface area (Å²) in [7, 11) is 1.63. The highest BCUT2D eigenvalue weighted by Gasteiger charge is 2.15. The van der Waals surface area contributed by atoms with E-state index in [0.717, 1.165) is 35.4 Å². The summed E-state index contributed by atoms with van der Waals surface area (Å²) in [4.78, 5) is 25.3. The van der Waals surface area contributed by atoms with Gasteiger partial charge in [-0.05, 0) is 75.5 Å². The van der Waals surface area contributed by atoms with Gasteiger partial charge in [-0.15, -0.1) is 0 Å². The predicted molar refractivity (Wildman–Crippen MR) is 129 cm³/mol. The van der Waals surface area contributed by atoms with Crippen molar-refractivity contribution in [3.05, 3.63) is 64.8 Å². The van der Waals surface area contributed by atoms with Crippen LogP contribution in [0.1, 0.15) is 43.7 Å². The highest BCUT2D eigenvalue weighted by Crippen LogP contribution is 2.25. The van der Waals surface area contributed by atoms with Crippen LogP contribution in [0.15, 0.2) is 48.5 Å². The average Bonchev–Trinajstić information content (AvgIpc) is 3.09. The van der Waals surface area contributed by atoms with Gasteiger partial charge in [-0.3, -0.25) is 19.1 Å². The first-order chi connectivity index (χ1) is 15.2. The number of benzene rings is 2. The number of carbonyl (C=O) groups excluding carboxylic acids is 2. The maximum absolute atomic E-state index is 12.7. The fraction of sp³-hybridized carbons (Fsp3) is 0.360. The zero-order valence-corrected chi connectivity index (χ0v) is 20.3. The van der Waals surface area contributed by atoms with Crippen LogP contribution < -0.4 is 4.74 Å². The summed E-state index contributed by atoms with van der Waals surface area (Å²) >= 11 is 5.87. The molecule has 0 saturated heterocycles. The lowest BCUT2D eigenvalue weighted by molar-refractivity contribution is -0.154. The molecule has 32 heavy (non-hydrogen) atoms. The number of aromatic nitrogens is 1. The van der Waals surface area contributed by atoms with E-state index < -0.39 is 0 Å². The SMILES string of the molecule is CCN(CC)C(C)OC(C)=O.COc1ccc2c(c1)cc(C)n2C(=O)c1ccc(Cl)cc1. The Morgan fingerprint density at radius 2 is 1.69 bits per heavy atom. The molecule has 2 aromatic carbocycles. The molecule has 0 fully saturated rings. The summed E-state index contributed by atoms with van der Waals surface area (Å²) in [6.07, 6.45) is -0.0949. The molecular formula is C25H31ClN2O4. The Balaban J connectivity index is 0.000000282. The first-order valence-electron chi connectivity index (χ1n) is 10.6. The van der Waals surface area contributed by atoms with Crippen LogP contribution in [0.25, 0.3) is 10.9 Å². The minimum Gasteiger partial charge on any atom is -0.497 e. The van der Waals surface area contributed by atoms with Gasteiger partial charge >= 0.3 is 5.97 Å². The molecule has 1 heterocycles. The van der Waals surface area contributed by atoms with Crippen molar-refractivity contribution >= 4 is 34.4 Å². The van der Waals surface area contributed by atoms with Gasteiger partial charge in [0.2, 0.25) is 0 Å². The standard InChI is InChI=1S/C17H14ClNO2.C8H17NO2/c1-11-9-13-10-15(21-2)7-8-16(13)19(11)17(20)12-3-5-14(18)6-4-12;1-5-9(6-2)7(3)11-8(4)10/h3-10H,1-2H3;7H,5-6H2,1-4H3. The molecule has 0 spiro atoms. The Labute approximate surface area is 194 Å². The lowest BCUT2D eigenvalue weighted by atomic mass is 10.2. The van der Waals surface area contributed by atoms with E-state index in [-0.39, 0.29) is 18.1 Å². The van der Waals surface area contributed by atoms with Gasteiger partial charge in [0.15, 0.2) is 6.23 Å². The number of aryl methyl sites for hydroxylation is 1. The molecule has 7 heteroatoms.